The number of benzene rings is 1. The number of para-hydroxylation sites is 1. The number of pyridine rings is 1. The summed E-state index contributed by atoms with van der Waals surface area (Å²) in [6.45, 7) is 3.16. The van der Waals surface area contributed by atoms with Crippen molar-refractivity contribution in [2.24, 2.45) is 12.0 Å². The number of aryl methyl sites for hydroxylation is 1. The van der Waals surface area contributed by atoms with Crippen LogP contribution in [0.3, 0.4) is 0 Å². The smallest absolute Gasteiger partial charge is 0.191 e. The van der Waals surface area contributed by atoms with E-state index < -0.39 is 0 Å². The summed E-state index contributed by atoms with van der Waals surface area (Å²) < 4.78 is 1.96. The van der Waals surface area contributed by atoms with Gasteiger partial charge in [-0.15, -0.1) is 10.2 Å². The highest BCUT2D eigenvalue weighted by atomic mass is 15.3. The van der Waals surface area contributed by atoms with Gasteiger partial charge in [0, 0.05) is 32.2 Å². The Morgan fingerprint density at radius 2 is 1.92 bits per heavy atom. The molecular weight excluding hydrogens is 302 g/mol. The molecule has 7 heteroatoms. The van der Waals surface area contributed by atoms with Gasteiger partial charge in [-0.25, -0.2) is 0 Å². The molecule has 24 heavy (non-hydrogen) atoms. The summed E-state index contributed by atoms with van der Waals surface area (Å²) in [5.74, 6) is 2.47. The van der Waals surface area contributed by atoms with Crippen molar-refractivity contribution in [3.05, 3.63) is 53.7 Å². The number of hydrogen-bond acceptors (Lipinski definition) is 4. The van der Waals surface area contributed by atoms with Gasteiger partial charge in [0.15, 0.2) is 11.8 Å². The van der Waals surface area contributed by atoms with E-state index in [1.165, 1.54) is 5.56 Å². The topological polar surface area (TPSA) is 80.0 Å². The van der Waals surface area contributed by atoms with Crippen molar-refractivity contribution in [3.8, 4) is 0 Å². The van der Waals surface area contributed by atoms with Crippen molar-refractivity contribution in [2.75, 3.05) is 7.05 Å². The Hall–Kier alpha value is -2.96. The minimum absolute atomic E-state index is 0.564. The Kier molecular flexibility index (Phi) is 4.69. The van der Waals surface area contributed by atoms with Gasteiger partial charge >= 0.3 is 0 Å². The highest BCUT2D eigenvalue weighted by molar-refractivity contribution is 5.83. The molecule has 0 saturated heterocycles. The molecule has 0 atom stereocenters. The third-order valence-corrected chi connectivity index (χ3v) is 4.01. The van der Waals surface area contributed by atoms with Crippen molar-refractivity contribution in [3.63, 3.8) is 0 Å². The molecule has 124 valence electrons. The van der Waals surface area contributed by atoms with Crippen molar-refractivity contribution < 1.29 is 0 Å². The van der Waals surface area contributed by atoms with E-state index in [9.17, 15) is 0 Å². The number of aromatic nitrogens is 4. The van der Waals surface area contributed by atoms with Crippen LogP contribution in [0.2, 0.25) is 0 Å². The lowest BCUT2D eigenvalue weighted by Gasteiger charge is -2.12. The summed E-state index contributed by atoms with van der Waals surface area (Å²) in [5, 5.41) is 15.9. The summed E-state index contributed by atoms with van der Waals surface area (Å²) in [6, 6.07) is 10.1. The first-order valence-electron chi connectivity index (χ1n) is 7.81. The Morgan fingerprint density at radius 1 is 1.12 bits per heavy atom. The summed E-state index contributed by atoms with van der Waals surface area (Å²) in [5.41, 5.74) is 2.17. The van der Waals surface area contributed by atoms with Gasteiger partial charge < -0.3 is 15.2 Å². The normalized spacial score (nSPS) is 11.7. The van der Waals surface area contributed by atoms with Gasteiger partial charge in [-0.05, 0) is 24.6 Å². The first-order valence-corrected chi connectivity index (χ1v) is 7.81. The van der Waals surface area contributed by atoms with Gasteiger partial charge in [0.2, 0.25) is 0 Å². The standard InChI is InChI=1S/C17H21N7/c1-12-22-23-16(24(12)3)11-21-17(18-2)20-10-13-8-9-19-15-7-5-4-6-14(13)15/h4-9H,10-11H2,1-3H3,(H2,18,20,21). The van der Waals surface area contributed by atoms with Crippen molar-refractivity contribution in [1.82, 2.24) is 30.4 Å². The Labute approximate surface area is 140 Å². The fourth-order valence-corrected chi connectivity index (χ4v) is 2.48. The average molecular weight is 323 g/mol. The van der Waals surface area contributed by atoms with Crippen LogP contribution in [0.25, 0.3) is 10.9 Å². The van der Waals surface area contributed by atoms with Crippen molar-refractivity contribution in [1.29, 1.82) is 0 Å². The second kappa shape index (κ2) is 7.08. The lowest BCUT2D eigenvalue weighted by atomic mass is 10.1. The Balaban J connectivity index is 1.64. The van der Waals surface area contributed by atoms with Gasteiger partial charge in [-0.3, -0.25) is 9.98 Å². The molecule has 0 radical (unpaired) electrons. The number of fused-ring (bicyclic) bond motifs is 1. The van der Waals surface area contributed by atoms with Gasteiger partial charge in [0.1, 0.15) is 5.82 Å². The minimum atomic E-state index is 0.564. The summed E-state index contributed by atoms with van der Waals surface area (Å²) in [6.07, 6.45) is 1.83. The molecule has 1 aromatic carbocycles. The predicted octanol–water partition coefficient (Wildman–Crippen LogP) is 1.54. The molecular formula is C17H21N7. The lowest BCUT2D eigenvalue weighted by Crippen LogP contribution is -2.37. The second-order valence-electron chi connectivity index (χ2n) is 5.49. The zero-order chi connectivity index (χ0) is 16.9. The number of hydrogen-bond donors (Lipinski definition) is 2. The van der Waals surface area contributed by atoms with Crippen LogP contribution in [0, 0.1) is 6.92 Å². The molecule has 0 amide bonds. The number of nitrogens with zero attached hydrogens (tertiary/aromatic N) is 5. The second-order valence-corrected chi connectivity index (χ2v) is 5.49. The maximum atomic E-state index is 4.39. The van der Waals surface area contributed by atoms with Crippen molar-refractivity contribution in [2.45, 2.75) is 20.0 Å². The number of guanidine groups is 1. The van der Waals surface area contributed by atoms with E-state index in [4.69, 9.17) is 0 Å². The summed E-state index contributed by atoms with van der Waals surface area (Å²) in [4.78, 5) is 8.64. The van der Waals surface area contributed by atoms with E-state index in [1.54, 1.807) is 7.05 Å². The van der Waals surface area contributed by atoms with Crippen LogP contribution >= 0.6 is 0 Å². The lowest BCUT2D eigenvalue weighted by molar-refractivity contribution is 0.718. The molecule has 3 aromatic rings. The fourth-order valence-electron chi connectivity index (χ4n) is 2.48. The van der Waals surface area contributed by atoms with Crippen LogP contribution in [-0.4, -0.2) is 32.8 Å². The van der Waals surface area contributed by atoms with Crippen LogP contribution in [-0.2, 0) is 20.1 Å². The van der Waals surface area contributed by atoms with Crippen LogP contribution in [0.1, 0.15) is 17.2 Å². The van der Waals surface area contributed by atoms with E-state index in [-0.39, 0.29) is 0 Å². The third kappa shape index (κ3) is 3.34. The molecule has 0 aliphatic heterocycles. The zero-order valence-corrected chi connectivity index (χ0v) is 14.1. The van der Waals surface area contributed by atoms with Gasteiger partial charge in [0.05, 0.1) is 12.1 Å². The molecule has 0 spiro atoms. The SMILES string of the molecule is CN=C(NCc1ccnc2ccccc12)NCc1nnc(C)n1C. The average Bonchev–Trinajstić information content (AvgIpc) is 2.94. The Morgan fingerprint density at radius 3 is 2.67 bits per heavy atom. The molecule has 2 N–H and O–H groups in total. The van der Waals surface area contributed by atoms with Crippen LogP contribution in [0.5, 0.6) is 0 Å². The highest BCUT2D eigenvalue weighted by Gasteiger charge is 2.07. The Bertz CT molecular complexity index is 861. The third-order valence-electron chi connectivity index (χ3n) is 4.01. The highest BCUT2D eigenvalue weighted by Crippen LogP contribution is 2.15. The van der Waals surface area contributed by atoms with Crippen LogP contribution in [0.4, 0.5) is 0 Å². The predicted molar refractivity (Wildman–Crippen MR) is 94.5 cm³/mol. The number of aliphatic imine (C=N–C) groups is 1. The van der Waals surface area contributed by atoms with E-state index in [1.807, 2.05) is 49.0 Å². The first-order chi connectivity index (χ1) is 11.7. The first kappa shape index (κ1) is 15.9. The maximum absolute atomic E-state index is 4.39. The minimum Gasteiger partial charge on any atom is -0.352 e. The molecule has 0 unspecified atom stereocenters. The van der Waals surface area contributed by atoms with Crippen LogP contribution in [0.15, 0.2) is 41.5 Å². The monoisotopic (exact) mass is 323 g/mol. The molecule has 2 aromatic heterocycles. The van der Waals surface area contributed by atoms with Gasteiger partial charge in [-0.2, -0.15) is 0 Å². The van der Waals surface area contributed by atoms with Crippen LogP contribution < -0.4 is 10.6 Å². The maximum Gasteiger partial charge on any atom is 0.191 e. The van der Waals surface area contributed by atoms with E-state index in [2.05, 4.69) is 36.9 Å². The number of nitrogens with one attached hydrogen (secondary N) is 2. The summed E-state index contributed by atoms with van der Waals surface area (Å²) >= 11 is 0. The molecule has 0 saturated carbocycles. The number of rotatable bonds is 4. The molecule has 0 aliphatic rings. The van der Waals surface area contributed by atoms with Gasteiger partial charge in [-0.1, -0.05) is 18.2 Å². The molecule has 3 rings (SSSR count). The summed E-state index contributed by atoms with van der Waals surface area (Å²) in [7, 11) is 3.70. The largest absolute Gasteiger partial charge is 0.352 e. The molecule has 0 fully saturated rings. The van der Waals surface area contributed by atoms with E-state index in [0.29, 0.717) is 13.1 Å². The molecule has 0 bridgehead atoms. The zero-order valence-electron chi connectivity index (χ0n) is 14.1. The molecule has 0 aliphatic carbocycles. The quantitative estimate of drug-likeness (QED) is 0.562. The van der Waals surface area contributed by atoms with Gasteiger partial charge in [0.25, 0.3) is 0 Å². The fraction of sp³-hybridized carbons (Fsp3) is 0.294. The molecule has 7 nitrogen and oxygen atoms in total. The van der Waals surface area contributed by atoms with E-state index in [0.717, 1.165) is 28.5 Å². The van der Waals surface area contributed by atoms with E-state index >= 15 is 0 Å². The molecule has 2 heterocycles. The van der Waals surface area contributed by atoms with Crippen molar-refractivity contribution >= 4 is 16.9 Å².